The Labute approximate surface area is 233 Å². The molecule has 40 heavy (non-hydrogen) atoms. The molecule has 9 nitrogen and oxygen atoms in total. The van der Waals surface area contributed by atoms with Gasteiger partial charge in [0.05, 0.1) is 29.7 Å². The van der Waals surface area contributed by atoms with Crippen molar-refractivity contribution in [1.29, 1.82) is 0 Å². The SMILES string of the molecule is O=C1C(=O)N(CCCN2CCOCC2)[C@@H](c2ccccc2F)C1=C(O)c1ccc(S(=O)(=O)N2CCCCC2)cc1. The molecule has 3 fully saturated rings. The molecule has 1 atom stereocenters. The average Bonchev–Trinajstić information content (AvgIpc) is 3.23. The van der Waals surface area contributed by atoms with Gasteiger partial charge < -0.3 is 14.7 Å². The zero-order valence-corrected chi connectivity index (χ0v) is 23.1. The van der Waals surface area contributed by atoms with Crippen molar-refractivity contribution in [3.05, 3.63) is 71.0 Å². The summed E-state index contributed by atoms with van der Waals surface area (Å²) >= 11 is 0. The molecule has 1 amide bonds. The van der Waals surface area contributed by atoms with Gasteiger partial charge >= 0.3 is 0 Å². The Kier molecular flexibility index (Phi) is 8.65. The number of likely N-dealkylation sites (tertiary alicyclic amines) is 1. The number of ether oxygens (including phenoxy) is 1. The van der Waals surface area contributed by atoms with Gasteiger partial charge in [-0.05, 0) is 49.6 Å². The first-order valence-electron chi connectivity index (χ1n) is 13.7. The normalized spacial score (nSPS) is 22.6. The van der Waals surface area contributed by atoms with E-state index >= 15 is 4.39 Å². The molecule has 0 unspecified atom stereocenters. The minimum absolute atomic E-state index is 0.0835. The highest BCUT2D eigenvalue weighted by molar-refractivity contribution is 7.89. The largest absolute Gasteiger partial charge is 0.507 e. The highest BCUT2D eigenvalue weighted by Crippen LogP contribution is 2.40. The number of carbonyl (C=O) groups excluding carboxylic acids is 2. The first kappa shape index (κ1) is 28.4. The van der Waals surface area contributed by atoms with E-state index in [0.29, 0.717) is 39.3 Å². The van der Waals surface area contributed by atoms with Crippen LogP contribution in [-0.4, -0.2) is 91.8 Å². The van der Waals surface area contributed by atoms with E-state index in [2.05, 4.69) is 4.90 Å². The molecular formula is C29H34FN3O6S. The fourth-order valence-electron chi connectivity index (χ4n) is 5.61. The monoisotopic (exact) mass is 571 g/mol. The molecule has 214 valence electrons. The maximum atomic E-state index is 15.0. The second kappa shape index (κ2) is 12.2. The number of morpholine rings is 1. The number of hydrogen-bond donors (Lipinski definition) is 1. The molecule has 0 spiro atoms. The second-order valence-corrected chi connectivity index (χ2v) is 12.2. The Morgan fingerprint density at radius 1 is 0.925 bits per heavy atom. The predicted octanol–water partition coefficient (Wildman–Crippen LogP) is 3.14. The number of amides is 1. The number of rotatable bonds is 8. The van der Waals surface area contributed by atoms with Gasteiger partial charge in [0.2, 0.25) is 10.0 Å². The number of carbonyl (C=O) groups is 2. The van der Waals surface area contributed by atoms with Gasteiger partial charge in [0, 0.05) is 50.4 Å². The zero-order valence-electron chi connectivity index (χ0n) is 22.3. The van der Waals surface area contributed by atoms with Crippen LogP contribution >= 0.6 is 0 Å². The van der Waals surface area contributed by atoms with Crippen molar-refractivity contribution in [2.45, 2.75) is 36.6 Å². The van der Waals surface area contributed by atoms with E-state index < -0.39 is 39.3 Å². The molecule has 2 aromatic rings. The van der Waals surface area contributed by atoms with Crippen molar-refractivity contribution >= 4 is 27.5 Å². The second-order valence-electron chi connectivity index (χ2n) is 10.3. The maximum absolute atomic E-state index is 15.0. The first-order valence-corrected chi connectivity index (χ1v) is 15.2. The lowest BCUT2D eigenvalue weighted by atomic mass is 9.95. The fourth-order valence-corrected chi connectivity index (χ4v) is 7.13. The Balaban J connectivity index is 1.45. The van der Waals surface area contributed by atoms with Crippen LogP contribution in [0.15, 0.2) is 59.0 Å². The highest BCUT2D eigenvalue weighted by atomic mass is 32.2. The molecule has 2 aromatic carbocycles. The highest BCUT2D eigenvalue weighted by Gasteiger charge is 2.46. The van der Waals surface area contributed by atoms with E-state index in [1.807, 2.05) is 0 Å². The van der Waals surface area contributed by atoms with Crippen LogP contribution in [0.5, 0.6) is 0 Å². The number of Topliss-reactive ketones (excluding diaryl/α,β-unsaturated/α-hetero) is 1. The van der Waals surface area contributed by atoms with Gasteiger partial charge in [-0.2, -0.15) is 4.31 Å². The number of aliphatic hydroxyl groups is 1. The summed E-state index contributed by atoms with van der Waals surface area (Å²) in [7, 11) is -3.69. The van der Waals surface area contributed by atoms with E-state index in [-0.39, 0.29) is 28.1 Å². The van der Waals surface area contributed by atoms with Crippen LogP contribution in [-0.2, 0) is 24.3 Å². The molecule has 0 bridgehead atoms. The molecule has 1 N–H and O–H groups in total. The van der Waals surface area contributed by atoms with Gasteiger partial charge in [0.15, 0.2) is 0 Å². The van der Waals surface area contributed by atoms with Crippen LogP contribution in [0.1, 0.15) is 42.9 Å². The lowest BCUT2D eigenvalue weighted by Gasteiger charge is -2.29. The van der Waals surface area contributed by atoms with E-state index in [0.717, 1.165) is 32.4 Å². The number of hydrogen-bond acceptors (Lipinski definition) is 7. The molecule has 0 saturated carbocycles. The Hall–Kier alpha value is -3.12. The van der Waals surface area contributed by atoms with E-state index in [9.17, 15) is 23.1 Å². The summed E-state index contributed by atoms with van der Waals surface area (Å²) < 4.78 is 48.0. The number of nitrogens with zero attached hydrogens (tertiary/aromatic N) is 3. The molecule has 3 aliphatic heterocycles. The number of sulfonamides is 1. The summed E-state index contributed by atoms with van der Waals surface area (Å²) in [5, 5.41) is 11.3. The summed E-state index contributed by atoms with van der Waals surface area (Å²) in [5.74, 6) is -2.77. The van der Waals surface area contributed by atoms with Crippen molar-refractivity contribution in [3.8, 4) is 0 Å². The molecule has 0 radical (unpaired) electrons. The third-order valence-corrected chi connectivity index (χ3v) is 9.71. The summed E-state index contributed by atoms with van der Waals surface area (Å²) in [6, 6.07) is 10.4. The van der Waals surface area contributed by atoms with Crippen LogP contribution in [0.4, 0.5) is 4.39 Å². The predicted molar refractivity (Wildman–Crippen MR) is 146 cm³/mol. The van der Waals surface area contributed by atoms with Gasteiger partial charge in [-0.1, -0.05) is 24.6 Å². The number of ketones is 1. The van der Waals surface area contributed by atoms with Gasteiger partial charge in [0.1, 0.15) is 11.6 Å². The lowest BCUT2D eigenvalue weighted by molar-refractivity contribution is -0.140. The smallest absolute Gasteiger partial charge is 0.295 e. The van der Waals surface area contributed by atoms with Gasteiger partial charge in [0.25, 0.3) is 11.7 Å². The number of aliphatic hydroxyl groups excluding tert-OH is 1. The molecular weight excluding hydrogens is 537 g/mol. The Bertz CT molecular complexity index is 1380. The van der Waals surface area contributed by atoms with Crippen molar-refractivity contribution < 1.29 is 32.2 Å². The molecule has 5 rings (SSSR count). The van der Waals surface area contributed by atoms with Crippen LogP contribution in [0, 0.1) is 5.82 Å². The summed E-state index contributed by atoms with van der Waals surface area (Å²) in [4.78, 5) is 30.1. The van der Waals surface area contributed by atoms with E-state index in [4.69, 9.17) is 4.74 Å². The van der Waals surface area contributed by atoms with Crippen molar-refractivity contribution in [2.24, 2.45) is 0 Å². The number of halogens is 1. The molecule has 3 saturated heterocycles. The molecule has 0 aromatic heterocycles. The average molecular weight is 572 g/mol. The summed E-state index contributed by atoms with van der Waals surface area (Å²) in [5.41, 5.74) is 0.0669. The topological polar surface area (TPSA) is 107 Å². The fraction of sp³-hybridized carbons (Fsp3) is 0.448. The Morgan fingerprint density at radius 2 is 1.60 bits per heavy atom. The molecule has 3 heterocycles. The molecule has 11 heteroatoms. The minimum Gasteiger partial charge on any atom is -0.507 e. The quantitative estimate of drug-likeness (QED) is 0.295. The zero-order chi connectivity index (χ0) is 28.3. The third kappa shape index (κ3) is 5.69. The van der Waals surface area contributed by atoms with Crippen molar-refractivity contribution in [2.75, 3.05) is 52.5 Å². The van der Waals surface area contributed by atoms with Gasteiger partial charge in [-0.25, -0.2) is 12.8 Å². The molecule has 3 aliphatic rings. The van der Waals surface area contributed by atoms with Gasteiger partial charge in [-0.15, -0.1) is 0 Å². The van der Waals surface area contributed by atoms with Crippen molar-refractivity contribution in [1.82, 2.24) is 14.1 Å². The van der Waals surface area contributed by atoms with Crippen LogP contribution in [0.25, 0.3) is 5.76 Å². The van der Waals surface area contributed by atoms with Crippen molar-refractivity contribution in [3.63, 3.8) is 0 Å². The molecule has 0 aliphatic carbocycles. The standard InChI is InChI=1S/C29H34FN3O6S/c30-24-8-3-2-7-23(24)26-25(28(35)29(36)33(26)16-6-13-31-17-19-39-20-18-31)27(34)21-9-11-22(12-10-21)40(37,38)32-14-4-1-5-15-32/h2-3,7-12,26,34H,1,4-6,13-20H2/t26-/m0/s1. The summed E-state index contributed by atoms with van der Waals surface area (Å²) in [6.45, 7) is 4.63. The van der Waals surface area contributed by atoms with E-state index in [1.54, 1.807) is 6.07 Å². The minimum atomic E-state index is -3.69. The number of piperidine rings is 1. The first-order chi connectivity index (χ1) is 19.3. The summed E-state index contributed by atoms with van der Waals surface area (Å²) in [6.07, 6.45) is 3.16. The van der Waals surface area contributed by atoms with Crippen LogP contribution in [0.3, 0.4) is 0 Å². The number of benzene rings is 2. The van der Waals surface area contributed by atoms with Crippen LogP contribution < -0.4 is 0 Å². The lowest BCUT2D eigenvalue weighted by Crippen LogP contribution is -2.39. The third-order valence-electron chi connectivity index (χ3n) is 7.80. The maximum Gasteiger partial charge on any atom is 0.295 e. The van der Waals surface area contributed by atoms with Crippen LogP contribution in [0.2, 0.25) is 0 Å². The van der Waals surface area contributed by atoms with Gasteiger partial charge in [-0.3, -0.25) is 14.5 Å². The van der Waals surface area contributed by atoms with E-state index in [1.165, 1.54) is 51.7 Å². The Morgan fingerprint density at radius 3 is 2.27 bits per heavy atom.